The van der Waals surface area contributed by atoms with Gasteiger partial charge in [0.2, 0.25) is 0 Å². The summed E-state index contributed by atoms with van der Waals surface area (Å²) in [7, 11) is 0. The molecule has 0 atom stereocenters. The molecule has 0 unspecified atom stereocenters. The summed E-state index contributed by atoms with van der Waals surface area (Å²) in [5.41, 5.74) is 0.213. The van der Waals surface area contributed by atoms with E-state index >= 15 is 0 Å². The number of aromatic nitrogens is 3. The lowest BCUT2D eigenvalue weighted by Gasteiger charge is -2.04. The Morgan fingerprint density at radius 3 is 2.93 bits per heavy atom. The first kappa shape index (κ1) is 8.83. The van der Waals surface area contributed by atoms with E-state index in [9.17, 15) is 4.39 Å². The van der Waals surface area contributed by atoms with E-state index in [1.54, 1.807) is 12.3 Å². The standard InChI is InChI=1S/C9H8FN3O/c10-8-7(6-14)2-4-11-9(8)13-5-1-3-12-13/h1-5,14H,6H2. The summed E-state index contributed by atoms with van der Waals surface area (Å²) in [6.07, 6.45) is 4.56. The third-order valence-electron chi connectivity index (χ3n) is 1.84. The average molecular weight is 193 g/mol. The average Bonchev–Trinajstić information content (AvgIpc) is 2.71. The smallest absolute Gasteiger partial charge is 0.190 e. The molecule has 0 aromatic carbocycles. The highest BCUT2D eigenvalue weighted by Crippen LogP contribution is 2.13. The molecular formula is C9H8FN3O. The minimum atomic E-state index is -0.543. The van der Waals surface area contributed by atoms with Gasteiger partial charge in [-0.3, -0.25) is 0 Å². The largest absolute Gasteiger partial charge is 0.392 e. The van der Waals surface area contributed by atoms with Crippen molar-refractivity contribution in [3.8, 4) is 5.82 Å². The maximum absolute atomic E-state index is 13.6. The fourth-order valence-electron chi connectivity index (χ4n) is 1.15. The van der Waals surface area contributed by atoms with Crippen molar-refractivity contribution in [2.45, 2.75) is 6.61 Å². The van der Waals surface area contributed by atoms with Gasteiger partial charge in [0, 0.05) is 24.2 Å². The van der Waals surface area contributed by atoms with Gasteiger partial charge in [0.1, 0.15) is 0 Å². The van der Waals surface area contributed by atoms with Gasteiger partial charge in [-0.1, -0.05) is 0 Å². The lowest BCUT2D eigenvalue weighted by Crippen LogP contribution is -2.04. The SMILES string of the molecule is OCc1ccnc(-n2cccn2)c1F. The molecule has 4 nitrogen and oxygen atoms in total. The van der Waals surface area contributed by atoms with E-state index in [2.05, 4.69) is 10.1 Å². The van der Waals surface area contributed by atoms with Gasteiger partial charge in [0.25, 0.3) is 0 Å². The van der Waals surface area contributed by atoms with Crippen molar-refractivity contribution in [2.75, 3.05) is 0 Å². The molecule has 2 heterocycles. The number of hydrogen-bond acceptors (Lipinski definition) is 3. The topological polar surface area (TPSA) is 50.9 Å². The van der Waals surface area contributed by atoms with Gasteiger partial charge in [-0.05, 0) is 12.1 Å². The molecule has 0 spiro atoms. The quantitative estimate of drug-likeness (QED) is 0.770. The van der Waals surface area contributed by atoms with E-state index < -0.39 is 5.82 Å². The Balaban J connectivity index is 2.54. The highest BCUT2D eigenvalue weighted by molar-refractivity contribution is 5.29. The molecule has 0 radical (unpaired) electrons. The van der Waals surface area contributed by atoms with Crippen molar-refractivity contribution in [2.24, 2.45) is 0 Å². The molecule has 72 valence electrons. The zero-order valence-electron chi connectivity index (χ0n) is 7.26. The van der Waals surface area contributed by atoms with Crippen LogP contribution in [0.5, 0.6) is 0 Å². The maximum Gasteiger partial charge on any atom is 0.190 e. The van der Waals surface area contributed by atoms with Crippen molar-refractivity contribution >= 4 is 0 Å². The summed E-state index contributed by atoms with van der Waals surface area (Å²) in [6.45, 7) is -0.345. The molecule has 0 aliphatic carbocycles. The Morgan fingerprint density at radius 1 is 1.43 bits per heavy atom. The number of nitrogens with zero attached hydrogens (tertiary/aromatic N) is 3. The minimum absolute atomic E-state index is 0.0987. The zero-order valence-corrected chi connectivity index (χ0v) is 7.26. The Kier molecular flexibility index (Phi) is 2.24. The lowest BCUT2D eigenvalue weighted by molar-refractivity contribution is 0.275. The van der Waals surface area contributed by atoms with Crippen LogP contribution in [-0.2, 0) is 6.61 Å². The number of halogens is 1. The Morgan fingerprint density at radius 2 is 2.29 bits per heavy atom. The Hall–Kier alpha value is -1.75. The zero-order chi connectivity index (χ0) is 9.97. The minimum Gasteiger partial charge on any atom is -0.392 e. The van der Waals surface area contributed by atoms with Crippen molar-refractivity contribution in [3.63, 3.8) is 0 Å². The second kappa shape index (κ2) is 3.55. The van der Waals surface area contributed by atoms with E-state index in [4.69, 9.17) is 5.11 Å². The van der Waals surface area contributed by atoms with Gasteiger partial charge in [-0.15, -0.1) is 0 Å². The normalized spacial score (nSPS) is 10.4. The predicted molar refractivity (Wildman–Crippen MR) is 47.2 cm³/mol. The van der Waals surface area contributed by atoms with Crippen molar-refractivity contribution in [1.29, 1.82) is 0 Å². The van der Waals surface area contributed by atoms with Crippen LogP contribution in [-0.4, -0.2) is 19.9 Å². The summed E-state index contributed by atoms with van der Waals surface area (Å²) in [4.78, 5) is 3.84. The van der Waals surface area contributed by atoms with Crippen LogP contribution in [0, 0.1) is 5.82 Å². The van der Waals surface area contributed by atoms with Crippen LogP contribution in [0.2, 0.25) is 0 Å². The van der Waals surface area contributed by atoms with E-state index in [0.29, 0.717) is 0 Å². The van der Waals surface area contributed by atoms with Gasteiger partial charge in [0.15, 0.2) is 11.6 Å². The molecule has 0 aliphatic rings. The molecular weight excluding hydrogens is 185 g/mol. The van der Waals surface area contributed by atoms with Crippen LogP contribution in [0.15, 0.2) is 30.7 Å². The first-order chi connectivity index (χ1) is 6.83. The first-order valence-electron chi connectivity index (χ1n) is 4.07. The van der Waals surface area contributed by atoms with Crippen LogP contribution in [0.3, 0.4) is 0 Å². The fraction of sp³-hybridized carbons (Fsp3) is 0.111. The molecule has 0 amide bonds. The van der Waals surface area contributed by atoms with Crippen LogP contribution in [0.4, 0.5) is 4.39 Å². The van der Waals surface area contributed by atoms with E-state index in [-0.39, 0.29) is 18.0 Å². The number of aliphatic hydroxyl groups excluding tert-OH is 1. The predicted octanol–water partition coefficient (Wildman–Crippen LogP) is 0.899. The fourth-order valence-corrected chi connectivity index (χ4v) is 1.15. The van der Waals surface area contributed by atoms with E-state index in [1.807, 2.05) is 0 Å². The van der Waals surface area contributed by atoms with Crippen molar-refractivity contribution in [3.05, 3.63) is 42.1 Å². The number of pyridine rings is 1. The number of hydrogen-bond donors (Lipinski definition) is 1. The van der Waals surface area contributed by atoms with E-state index in [0.717, 1.165) is 0 Å². The van der Waals surface area contributed by atoms with Gasteiger partial charge < -0.3 is 5.11 Å². The molecule has 1 N–H and O–H groups in total. The molecule has 0 saturated heterocycles. The lowest BCUT2D eigenvalue weighted by atomic mass is 10.2. The van der Waals surface area contributed by atoms with Crippen LogP contribution in [0.25, 0.3) is 5.82 Å². The summed E-state index contributed by atoms with van der Waals surface area (Å²) in [5, 5.41) is 12.7. The Labute approximate surface area is 79.6 Å². The van der Waals surface area contributed by atoms with Crippen LogP contribution < -0.4 is 0 Å². The first-order valence-corrected chi connectivity index (χ1v) is 4.07. The molecule has 0 saturated carbocycles. The van der Waals surface area contributed by atoms with Gasteiger partial charge >= 0.3 is 0 Å². The molecule has 2 aromatic rings. The third-order valence-corrected chi connectivity index (χ3v) is 1.84. The van der Waals surface area contributed by atoms with Gasteiger partial charge in [-0.2, -0.15) is 5.10 Å². The molecule has 0 bridgehead atoms. The highest BCUT2D eigenvalue weighted by atomic mass is 19.1. The van der Waals surface area contributed by atoms with Gasteiger partial charge in [-0.25, -0.2) is 14.1 Å². The van der Waals surface area contributed by atoms with Crippen molar-refractivity contribution < 1.29 is 9.50 Å². The molecule has 5 heteroatoms. The summed E-state index contributed by atoms with van der Waals surface area (Å²) >= 11 is 0. The monoisotopic (exact) mass is 193 g/mol. The second-order valence-electron chi connectivity index (χ2n) is 2.72. The van der Waals surface area contributed by atoms with Crippen molar-refractivity contribution in [1.82, 2.24) is 14.8 Å². The van der Waals surface area contributed by atoms with Crippen LogP contribution in [0.1, 0.15) is 5.56 Å². The van der Waals surface area contributed by atoms with Crippen LogP contribution >= 0.6 is 0 Å². The molecule has 0 aliphatic heterocycles. The van der Waals surface area contributed by atoms with Gasteiger partial charge in [0.05, 0.1) is 6.61 Å². The molecule has 2 rings (SSSR count). The maximum atomic E-state index is 13.6. The number of rotatable bonds is 2. The molecule has 0 fully saturated rings. The molecule has 2 aromatic heterocycles. The highest BCUT2D eigenvalue weighted by Gasteiger charge is 2.09. The summed E-state index contributed by atoms with van der Waals surface area (Å²) in [6, 6.07) is 3.11. The third kappa shape index (κ3) is 1.38. The van der Waals surface area contributed by atoms with E-state index in [1.165, 1.54) is 23.1 Å². The summed E-state index contributed by atoms with van der Waals surface area (Å²) in [5.74, 6) is -0.444. The Bertz CT molecular complexity index is 428. The number of aliphatic hydroxyl groups is 1. The summed E-state index contributed by atoms with van der Waals surface area (Å²) < 4.78 is 14.9. The molecule has 14 heavy (non-hydrogen) atoms. The second-order valence-corrected chi connectivity index (χ2v) is 2.72.